The number of hydrogen-bond acceptors (Lipinski definition) is 1. The minimum absolute atomic E-state index is 0.0150. The van der Waals surface area contributed by atoms with Crippen molar-refractivity contribution in [3.05, 3.63) is 35.4 Å². The smallest absolute Gasteiger partial charge is 0.294 e. The lowest BCUT2D eigenvalue weighted by molar-refractivity contribution is -0.184. The van der Waals surface area contributed by atoms with Crippen molar-refractivity contribution in [1.29, 1.82) is 0 Å². The minimum atomic E-state index is -4.35. The molecule has 0 saturated heterocycles. The minimum Gasteiger partial charge on any atom is -0.294 e. The van der Waals surface area contributed by atoms with Crippen LogP contribution in [-0.4, -0.2) is 12.0 Å². The summed E-state index contributed by atoms with van der Waals surface area (Å²) in [6.45, 7) is 0. The third-order valence-electron chi connectivity index (χ3n) is 3.72. The van der Waals surface area contributed by atoms with Gasteiger partial charge in [0.05, 0.1) is 11.5 Å². The Hall–Kier alpha value is -1.46. The fourth-order valence-electron chi connectivity index (χ4n) is 2.64. The van der Waals surface area contributed by atoms with Crippen LogP contribution in [0.4, 0.5) is 22.0 Å². The fourth-order valence-corrected chi connectivity index (χ4v) is 2.64. The topological polar surface area (TPSA) is 17.1 Å². The van der Waals surface area contributed by atoms with E-state index < -0.39 is 41.0 Å². The molecule has 0 amide bonds. The Bertz CT molecular complexity index is 509. The summed E-state index contributed by atoms with van der Waals surface area (Å²) >= 11 is 0. The highest BCUT2D eigenvalue weighted by Crippen LogP contribution is 2.41. The molecule has 110 valence electrons. The number of carbonyl (C=O) groups is 1. The van der Waals surface area contributed by atoms with E-state index in [1.807, 2.05) is 0 Å². The van der Waals surface area contributed by atoms with Crippen LogP contribution in [0.15, 0.2) is 18.2 Å². The molecule has 20 heavy (non-hydrogen) atoms. The molecule has 2 atom stereocenters. The number of alkyl halides is 3. The van der Waals surface area contributed by atoms with E-state index in [0.717, 1.165) is 12.1 Å². The second kappa shape index (κ2) is 5.50. The largest absolute Gasteiger partial charge is 0.391 e. The van der Waals surface area contributed by atoms with Crippen LogP contribution in [0.25, 0.3) is 0 Å². The van der Waals surface area contributed by atoms with Gasteiger partial charge in [0, 0.05) is 5.92 Å². The highest BCUT2D eigenvalue weighted by atomic mass is 19.4. The van der Waals surface area contributed by atoms with Crippen molar-refractivity contribution in [1.82, 2.24) is 0 Å². The van der Waals surface area contributed by atoms with Crippen molar-refractivity contribution in [2.45, 2.75) is 31.9 Å². The first kappa shape index (κ1) is 14.9. The molecule has 2 unspecified atom stereocenters. The zero-order chi connectivity index (χ0) is 14.9. The molecule has 1 saturated carbocycles. The predicted octanol–water partition coefficient (Wildman–Crippen LogP) is 4.52. The first-order valence-corrected chi connectivity index (χ1v) is 6.35. The van der Waals surface area contributed by atoms with Crippen LogP contribution in [0.1, 0.15) is 36.0 Å². The van der Waals surface area contributed by atoms with Crippen LogP contribution in [0, 0.1) is 23.5 Å². The van der Waals surface area contributed by atoms with E-state index in [1.165, 1.54) is 6.07 Å². The molecule has 0 heterocycles. The lowest BCUT2D eigenvalue weighted by Crippen LogP contribution is -2.32. The molecule has 0 radical (unpaired) electrons. The van der Waals surface area contributed by atoms with Crippen molar-refractivity contribution in [3.63, 3.8) is 0 Å². The molecule has 6 heteroatoms. The van der Waals surface area contributed by atoms with Crippen LogP contribution in [0.2, 0.25) is 0 Å². The molecule has 0 N–H and O–H groups in total. The van der Waals surface area contributed by atoms with Crippen LogP contribution < -0.4 is 0 Å². The Balaban J connectivity index is 2.19. The number of hydrogen-bond donors (Lipinski definition) is 0. The van der Waals surface area contributed by atoms with Crippen molar-refractivity contribution < 1.29 is 26.7 Å². The molecule has 1 aromatic carbocycles. The van der Waals surface area contributed by atoms with E-state index in [0.29, 0.717) is 0 Å². The Morgan fingerprint density at radius 2 is 1.85 bits per heavy atom. The molecule has 0 bridgehead atoms. The van der Waals surface area contributed by atoms with E-state index in [9.17, 15) is 26.7 Å². The first-order valence-electron chi connectivity index (χ1n) is 6.35. The molecule has 1 nitrogen and oxygen atoms in total. The summed E-state index contributed by atoms with van der Waals surface area (Å²) in [4.78, 5) is 12.1. The van der Waals surface area contributed by atoms with Gasteiger partial charge in [0.2, 0.25) is 0 Å². The highest BCUT2D eigenvalue weighted by molar-refractivity contribution is 5.98. The van der Waals surface area contributed by atoms with Gasteiger partial charge >= 0.3 is 6.18 Å². The Morgan fingerprint density at radius 3 is 2.50 bits per heavy atom. The van der Waals surface area contributed by atoms with Gasteiger partial charge in [-0.25, -0.2) is 8.78 Å². The molecular weight excluding hydrogens is 279 g/mol. The van der Waals surface area contributed by atoms with Crippen LogP contribution in [0.5, 0.6) is 0 Å². The quantitative estimate of drug-likeness (QED) is 0.578. The van der Waals surface area contributed by atoms with Gasteiger partial charge in [-0.1, -0.05) is 12.5 Å². The van der Waals surface area contributed by atoms with Crippen molar-refractivity contribution in [3.8, 4) is 0 Å². The maximum atomic E-state index is 13.5. The zero-order valence-electron chi connectivity index (χ0n) is 10.5. The van der Waals surface area contributed by atoms with Crippen LogP contribution >= 0.6 is 0 Å². The van der Waals surface area contributed by atoms with Gasteiger partial charge in [0.1, 0.15) is 0 Å². The zero-order valence-corrected chi connectivity index (χ0v) is 10.5. The second-order valence-corrected chi connectivity index (χ2v) is 5.07. The van der Waals surface area contributed by atoms with Crippen molar-refractivity contribution in [2.24, 2.45) is 11.8 Å². The molecule has 1 aliphatic carbocycles. The molecular formula is C14H13F5O. The maximum absolute atomic E-state index is 13.5. The molecule has 1 aliphatic rings. The molecule has 1 aromatic rings. The van der Waals surface area contributed by atoms with Gasteiger partial charge in [-0.05, 0) is 31.4 Å². The average Bonchev–Trinajstić information content (AvgIpc) is 2.40. The van der Waals surface area contributed by atoms with Crippen LogP contribution in [0.3, 0.4) is 0 Å². The van der Waals surface area contributed by atoms with Gasteiger partial charge < -0.3 is 0 Å². The lowest BCUT2D eigenvalue weighted by atomic mass is 9.77. The first-order chi connectivity index (χ1) is 9.30. The van der Waals surface area contributed by atoms with Crippen molar-refractivity contribution in [2.75, 3.05) is 0 Å². The maximum Gasteiger partial charge on any atom is 0.391 e. The summed E-state index contributed by atoms with van der Waals surface area (Å²) < 4.78 is 64.6. The SMILES string of the molecule is O=C(c1cccc(F)c1F)C1CCCC(C(F)(F)F)C1. The number of halogens is 5. The summed E-state index contributed by atoms with van der Waals surface area (Å²) in [5.74, 6) is -5.63. The monoisotopic (exact) mass is 292 g/mol. The second-order valence-electron chi connectivity index (χ2n) is 5.07. The van der Waals surface area contributed by atoms with Gasteiger partial charge in [-0.3, -0.25) is 4.79 Å². The van der Waals surface area contributed by atoms with E-state index in [4.69, 9.17) is 0 Å². The Morgan fingerprint density at radius 1 is 1.15 bits per heavy atom. The number of ketones is 1. The predicted molar refractivity (Wildman–Crippen MR) is 62.2 cm³/mol. The summed E-state index contributed by atoms with van der Waals surface area (Å²) in [6, 6.07) is 3.15. The number of Topliss-reactive ketones (excluding diaryl/α,β-unsaturated/α-hetero) is 1. The number of carbonyl (C=O) groups excluding carboxylic acids is 1. The van der Waals surface area contributed by atoms with Crippen molar-refractivity contribution >= 4 is 5.78 Å². The molecule has 0 spiro atoms. The molecule has 0 aromatic heterocycles. The Kier molecular flexibility index (Phi) is 4.11. The normalized spacial score (nSPS) is 23.6. The Labute approximate surface area is 112 Å². The summed E-state index contributed by atoms with van der Waals surface area (Å²) in [6.07, 6.45) is -4.17. The van der Waals surface area contributed by atoms with E-state index >= 15 is 0 Å². The van der Waals surface area contributed by atoms with Gasteiger partial charge in [0.25, 0.3) is 0 Å². The third-order valence-corrected chi connectivity index (χ3v) is 3.72. The summed E-state index contributed by atoms with van der Waals surface area (Å²) in [5.41, 5.74) is -0.460. The lowest BCUT2D eigenvalue weighted by Gasteiger charge is -2.29. The number of benzene rings is 1. The third kappa shape index (κ3) is 2.99. The van der Waals surface area contributed by atoms with E-state index in [-0.39, 0.29) is 25.7 Å². The van der Waals surface area contributed by atoms with Gasteiger partial charge in [-0.15, -0.1) is 0 Å². The summed E-state index contributed by atoms with van der Waals surface area (Å²) in [5, 5.41) is 0. The van der Waals surface area contributed by atoms with E-state index in [2.05, 4.69) is 0 Å². The molecule has 1 fully saturated rings. The fraction of sp³-hybridized carbons (Fsp3) is 0.500. The van der Waals surface area contributed by atoms with Gasteiger partial charge in [0.15, 0.2) is 17.4 Å². The average molecular weight is 292 g/mol. The standard InChI is InChI=1S/C14H13F5O/c15-11-6-2-5-10(12(11)16)13(20)8-3-1-4-9(7-8)14(17,18)19/h2,5-6,8-9H,1,3-4,7H2. The van der Waals surface area contributed by atoms with E-state index in [1.54, 1.807) is 0 Å². The van der Waals surface area contributed by atoms with Gasteiger partial charge in [-0.2, -0.15) is 13.2 Å². The molecule has 2 rings (SSSR count). The summed E-state index contributed by atoms with van der Waals surface area (Å²) in [7, 11) is 0. The molecule has 0 aliphatic heterocycles. The van der Waals surface area contributed by atoms with Crippen LogP contribution in [-0.2, 0) is 0 Å². The number of rotatable bonds is 2. The highest BCUT2D eigenvalue weighted by Gasteiger charge is 2.43.